The van der Waals surface area contributed by atoms with E-state index in [0.717, 1.165) is 43.7 Å². The molecule has 4 heterocycles. The summed E-state index contributed by atoms with van der Waals surface area (Å²) < 4.78 is 6.30. The Labute approximate surface area is 163 Å². The first kappa shape index (κ1) is 18.4. The lowest BCUT2D eigenvalue weighted by atomic mass is 9.85. The van der Waals surface area contributed by atoms with Gasteiger partial charge in [-0.25, -0.2) is 4.98 Å². The van der Waals surface area contributed by atoms with Gasteiger partial charge in [-0.1, -0.05) is 6.07 Å². The second-order valence-electron chi connectivity index (χ2n) is 7.22. The number of aryl methyl sites for hydroxylation is 1. The standard InChI is InChI=1S/C20H25N3O3S/c1-14-2-3-17(22-13-14)23-8-5-20(6-9-23)18-15(4-11-26-20)12-16(27-18)19(25)21-7-10-24/h2-3,12-13,24H,4-11H2,1H3,(H,21,25). The Morgan fingerprint density at radius 1 is 1.41 bits per heavy atom. The summed E-state index contributed by atoms with van der Waals surface area (Å²) in [6.45, 7) is 4.75. The summed E-state index contributed by atoms with van der Waals surface area (Å²) in [6.07, 6.45) is 4.55. The van der Waals surface area contributed by atoms with E-state index in [1.807, 2.05) is 19.2 Å². The van der Waals surface area contributed by atoms with Gasteiger partial charge in [0.15, 0.2) is 0 Å². The lowest BCUT2D eigenvalue weighted by Gasteiger charge is -2.44. The predicted molar refractivity (Wildman–Crippen MR) is 105 cm³/mol. The molecule has 1 saturated heterocycles. The van der Waals surface area contributed by atoms with E-state index < -0.39 is 0 Å². The van der Waals surface area contributed by atoms with E-state index in [0.29, 0.717) is 11.5 Å². The number of hydrogen-bond donors (Lipinski definition) is 2. The zero-order valence-corrected chi connectivity index (χ0v) is 16.3. The van der Waals surface area contributed by atoms with Crippen LogP contribution >= 0.6 is 11.3 Å². The molecule has 6 nitrogen and oxygen atoms in total. The van der Waals surface area contributed by atoms with E-state index in [9.17, 15) is 4.79 Å². The molecular weight excluding hydrogens is 362 g/mol. The smallest absolute Gasteiger partial charge is 0.261 e. The van der Waals surface area contributed by atoms with Crippen LogP contribution in [-0.2, 0) is 16.8 Å². The van der Waals surface area contributed by atoms with Crippen LogP contribution in [0.15, 0.2) is 24.4 Å². The number of anilines is 1. The molecule has 0 aliphatic carbocycles. The van der Waals surface area contributed by atoms with Crippen molar-refractivity contribution >= 4 is 23.1 Å². The number of nitrogens with one attached hydrogen (secondary N) is 1. The minimum absolute atomic E-state index is 0.0489. The van der Waals surface area contributed by atoms with E-state index in [2.05, 4.69) is 27.3 Å². The molecule has 2 N–H and O–H groups in total. The van der Waals surface area contributed by atoms with Crippen molar-refractivity contribution in [3.63, 3.8) is 0 Å². The molecule has 0 unspecified atom stereocenters. The quantitative estimate of drug-likeness (QED) is 0.842. The highest BCUT2D eigenvalue weighted by Crippen LogP contribution is 2.45. The van der Waals surface area contributed by atoms with Crippen molar-refractivity contribution in [2.24, 2.45) is 0 Å². The number of carbonyl (C=O) groups excluding carboxylic acids is 1. The summed E-state index contributed by atoms with van der Waals surface area (Å²) >= 11 is 1.55. The molecule has 2 aliphatic rings. The summed E-state index contributed by atoms with van der Waals surface area (Å²) in [4.78, 5) is 21.1. The van der Waals surface area contributed by atoms with E-state index in [1.54, 1.807) is 11.3 Å². The lowest BCUT2D eigenvalue weighted by Crippen LogP contribution is -2.46. The van der Waals surface area contributed by atoms with Crippen LogP contribution < -0.4 is 10.2 Å². The molecule has 1 fully saturated rings. The van der Waals surface area contributed by atoms with Crippen LogP contribution in [-0.4, -0.2) is 48.8 Å². The largest absolute Gasteiger partial charge is 0.395 e. The summed E-state index contributed by atoms with van der Waals surface area (Å²) in [7, 11) is 0. The summed E-state index contributed by atoms with van der Waals surface area (Å²) in [6, 6.07) is 6.18. The van der Waals surface area contributed by atoms with Gasteiger partial charge < -0.3 is 20.1 Å². The first-order valence-electron chi connectivity index (χ1n) is 9.45. The number of amides is 1. The van der Waals surface area contributed by atoms with Gasteiger partial charge in [0.05, 0.1) is 18.1 Å². The molecule has 0 bridgehead atoms. The SMILES string of the molecule is Cc1ccc(N2CCC3(CC2)OCCc2cc(C(=O)NCCO)sc23)nc1. The van der Waals surface area contributed by atoms with Crippen LogP contribution in [0, 0.1) is 6.92 Å². The van der Waals surface area contributed by atoms with Crippen molar-refractivity contribution in [3.8, 4) is 0 Å². The minimum Gasteiger partial charge on any atom is -0.395 e. The maximum atomic E-state index is 12.3. The van der Waals surface area contributed by atoms with Gasteiger partial charge in [0, 0.05) is 30.7 Å². The monoisotopic (exact) mass is 387 g/mol. The van der Waals surface area contributed by atoms with Crippen LogP contribution in [0.5, 0.6) is 0 Å². The Balaban J connectivity index is 1.51. The molecule has 4 rings (SSSR count). The van der Waals surface area contributed by atoms with Gasteiger partial charge in [-0.2, -0.15) is 0 Å². The Bertz CT molecular complexity index is 810. The van der Waals surface area contributed by atoms with Crippen LogP contribution in [0.3, 0.4) is 0 Å². The van der Waals surface area contributed by atoms with Crippen LogP contribution in [0.25, 0.3) is 0 Å². The average molecular weight is 388 g/mol. The molecule has 0 saturated carbocycles. The average Bonchev–Trinajstić information content (AvgIpc) is 3.14. The number of aliphatic hydroxyl groups excluding tert-OH is 1. The predicted octanol–water partition coefficient (Wildman–Crippen LogP) is 2.24. The first-order valence-corrected chi connectivity index (χ1v) is 10.3. The number of fused-ring (bicyclic) bond motifs is 2. The number of ether oxygens (including phenoxy) is 1. The van der Waals surface area contributed by atoms with Crippen molar-refractivity contribution in [1.29, 1.82) is 0 Å². The number of carbonyl (C=O) groups is 1. The number of thiophene rings is 1. The third-order valence-electron chi connectivity index (χ3n) is 5.38. The van der Waals surface area contributed by atoms with Crippen molar-refractivity contribution in [2.45, 2.75) is 31.8 Å². The number of rotatable bonds is 4. The van der Waals surface area contributed by atoms with E-state index in [4.69, 9.17) is 9.84 Å². The second kappa shape index (κ2) is 7.58. The summed E-state index contributed by atoms with van der Waals surface area (Å²) in [5.74, 6) is 0.904. The molecule has 2 aromatic rings. The second-order valence-corrected chi connectivity index (χ2v) is 8.27. The van der Waals surface area contributed by atoms with Gasteiger partial charge >= 0.3 is 0 Å². The molecule has 27 heavy (non-hydrogen) atoms. The third kappa shape index (κ3) is 3.59. The fourth-order valence-electron chi connectivity index (χ4n) is 3.91. The molecule has 0 radical (unpaired) electrons. The van der Waals surface area contributed by atoms with Crippen LogP contribution in [0.1, 0.15) is 38.5 Å². The molecule has 0 atom stereocenters. The molecule has 7 heteroatoms. The molecule has 0 aromatic carbocycles. The van der Waals surface area contributed by atoms with Gasteiger partial charge in [0.2, 0.25) is 0 Å². The highest BCUT2D eigenvalue weighted by atomic mass is 32.1. The zero-order chi connectivity index (χ0) is 18.9. The molecule has 2 aromatic heterocycles. The van der Waals surface area contributed by atoms with Crippen molar-refractivity contribution < 1.29 is 14.6 Å². The van der Waals surface area contributed by atoms with Crippen LogP contribution in [0.4, 0.5) is 5.82 Å². The van der Waals surface area contributed by atoms with Gasteiger partial charge in [-0.3, -0.25) is 4.79 Å². The highest BCUT2D eigenvalue weighted by molar-refractivity contribution is 7.14. The topological polar surface area (TPSA) is 74.7 Å². The molecular formula is C20H25N3O3S. The molecule has 144 valence electrons. The molecule has 1 spiro atoms. The number of nitrogens with zero attached hydrogens (tertiary/aromatic N) is 2. The minimum atomic E-state index is -0.283. The number of aliphatic hydroxyl groups is 1. The van der Waals surface area contributed by atoms with Gasteiger partial charge in [-0.05, 0) is 49.4 Å². The fraction of sp³-hybridized carbons (Fsp3) is 0.500. The van der Waals surface area contributed by atoms with E-state index >= 15 is 0 Å². The maximum absolute atomic E-state index is 12.3. The summed E-state index contributed by atoms with van der Waals surface area (Å²) in [5.41, 5.74) is 2.12. The number of hydrogen-bond acceptors (Lipinski definition) is 6. The summed E-state index contributed by atoms with van der Waals surface area (Å²) in [5, 5.41) is 11.7. The highest BCUT2D eigenvalue weighted by Gasteiger charge is 2.43. The number of piperidine rings is 1. The van der Waals surface area contributed by atoms with E-state index in [-0.39, 0.29) is 24.7 Å². The first-order chi connectivity index (χ1) is 13.1. The maximum Gasteiger partial charge on any atom is 0.261 e. The van der Waals surface area contributed by atoms with Crippen LogP contribution in [0.2, 0.25) is 0 Å². The Morgan fingerprint density at radius 2 is 2.22 bits per heavy atom. The number of pyridine rings is 1. The van der Waals surface area contributed by atoms with Crippen molar-refractivity contribution in [2.75, 3.05) is 37.7 Å². The Hall–Kier alpha value is -1.96. The molecule has 1 amide bonds. The van der Waals surface area contributed by atoms with Gasteiger partial charge in [-0.15, -0.1) is 11.3 Å². The third-order valence-corrected chi connectivity index (χ3v) is 6.75. The Kier molecular flexibility index (Phi) is 5.16. The molecule has 2 aliphatic heterocycles. The zero-order valence-electron chi connectivity index (χ0n) is 15.5. The van der Waals surface area contributed by atoms with Crippen molar-refractivity contribution in [1.82, 2.24) is 10.3 Å². The van der Waals surface area contributed by atoms with Crippen molar-refractivity contribution in [3.05, 3.63) is 45.3 Å². The lowest BCUT2D eigenvalue weighted by molar-refractivity contribution is -0.0735. The Morgan fingerprint density at radius 3 is 2.93 bits per heavy atom. The fourth-order valence-corrected chi connectivity index (χ4v) is 5.23. The van der Waals surface area contributed by atoms with E-state index in [1.165, 1.54) is 10.4 Å². The normalized spacial score (nSPS) is 18.4. The number of aromatic nitrogens is 1. The van der Waals surface area contributed by atoms with Gasteiger partial charge in [0.25, 0.3) is 5.91 Å². The van der Waals surface area contributed by atoms with Gasteiger partial charge in [0.1, 0.15) is 11.4 Å².